The Balaban J connectivity index is 2.03. The van der Waals surface area contributed by atoms with Crippen LogP contribution in [0.2, 0.25) is 15.6 Å². The van der Waals surface area contributed by atoms with Gasteiger partial charge in [-0.2, -0.15) is 0 Å². The molecule has 1 unspecified atom stereocenters. The first-order valence-corrected chi connectivity index (χ1v) is 7.83. The van der Waals surface area contributed by atoms with E-state index in [1.165, 1.54) is 11.1 Å². The third-order valence-electron chi connectivity index (χ3n) is 1.75. The van der Waals surface area contributed by atoms with Crippen LogP contribution in [0.3, 0.4) is 0 Å². The molecule has 1 aliphatic carbocycles. The van der Waals surface area contributed by atoms with Crippen molar-refractivity contribution in [3.8, 4) is 0 Å². The number of hydrogen-bond donors (Lipinski definition) is 0. The first-order chi connectivity index (χ1) is 3.84. The molecule has 1 aliphatic rings. The summed E-state index contributed by atoms with van der Waals surface area (Å²) in [5, 5.41) is 1.59. The van der Waals surface area contributed by atoms with Crippen molar-refractivity contribution in [2.75, 3.05) is 0 Å². The van der Waals surface area contributed by atoms with Gasteiger partial charge in [-0.05, 0) is 0 Å². The van der Waals surface area contributed by atoms with Crippen LogP contribution in [0.15, 0.2) is 0 Å². The monoisotopic (exact) mass is 174 g/mol. The Morgan fingerprint density at radius 3 is 2.50 bits per heavy atom. The van der Waals surface area contributed by atoms with Gasteiger partial charge in [-0.1, -0.05) is 0 Å². The molecule has 1 atom stereocenters. The summed E-state index contributed by atoms with van der Waals surface area (Å²) in [6.07, 6.45) is 4.60. The van der Waals surface area contributed by atoms with Crippen LogP contribution in [0.25, 0.3) is 0 Å². The Morgan fingerprint density at radius 1 is 1.50 bits per heavy atom. The molecule has 0 amide bonds. The van der Waals surface area contributed by atoms with Crippen molar-refractivity contribution in [2.24, 2.45) is 0 Å². The van der Waals surface area contributed by atoms with Crippen LogP contribution in [0.5, 0.6) is 0 Å². The van der Waals surface area contributed by atoms with E-state index in [-0.39, 0.29) is 14.7 Å². The third-order valence-corrected chi connectivity index (χ3v) is 7.86. The molecular weight excluding hydrogens is 159 g/mol. The molecule has 0 heterocycles. The predicted octanol–water partition coefficient (Wildman–Crippen LogP) is 2.69. The molecule has 0 radical (unpaired) electrons. The van der Waals surface area contributed by atoms with E-state index in [1.54, 1.807) is 18.1 Å². The zero-order valence-corrected chi connectivity index (χ0v) is 7.73. The summed E-state index contributed by atoms with van der Waals surface area (Å²) in [4.78, 5) is 0. The summed E-state index contributed by atoms with van der Waals surface area (Å²) in [5.74, 6) is 0. The van der Waals surface area contributed by atoms with E-state index in [0.29, 0.717) is 0 Å². The van der Waals surface area contributed by atoms with Crippen molar-refractivity contribution < 1.29 is 0 Å². The maximum atomic E-state index is 2.54. The zero-order chi connectivity index (χ0) is 5.98. The Kier molecular flexibility index (Phi) is 2.43. The van der Waals surface area contributed by atoms with Gasteiger partial charge in [0.15, 0.2) is 0 Å². The molecule has 1 heteroatoms. The van der Waals surface area contributed by atoms with Crippen LogP contribution >= 0.6 is 0 Å². The Labute approximate surface area is 56.9 Å². The molecule has 0 saturated heterocycles. The van der Waals surface area contributed by atoms with Gasteiger partial charge in [0, 0.05) is 0 Å². The SMILES string of the molecule is CCC[As](C)C1CC1. The van der Waals surface area contributed by atoms with Gasteiger partial charge in [-0.15, -0.1) is 0 Å². The van der Waals surface area contributed by atoms with Gasteiger partial charge >= 0.3 is 56.5 Å². The standard InChI is InChI=1S/C7H15As/c1-3-6-8(2)7-4-5-7/h7H,3-6H2,1-2H3. The van der Waals surface area contributed by atoms with Crippen LogP contribution in [-0.2, 0) is 0 Å². The Morgan fingerprint density at radius 2 is 2.12 bits per heavy atom. The molecule has 0 aliphatic heterocycles. The molecular formula is C7H15As. The first-order valence-electron chi connectivity index (χ1n) is 3.55. The molecule has 1 saturated carbocycles. The molecule has 0 bridgehead atoms. The van der Waals surface area contributed by atoms with Gasteiger partial charge in [0.25, 0.3) is 0 Å². The van der Waals surface area contributed by atoms with E-state index in [0.717, 1.165) is 0 Å². The van der Waals surface area contributed by atoms with Crippen molar-refractivity contribution in [1.82, 2.24) is 0 Å². The van der Waals surface area contributed by atoms with Crippen LogP contribution in [0, 0.1) is 0 Å². The van der Waals surface area contributed by atoms with Gasteiger partial charge in [0.05, 0.1) is 0 Å². The molecule has 48 valence electrons. The topological polar surface area (TPSA) is 0 Å². The summed E-state index contributed by atoms with van der Waals surface area (Å²) in [7, 11) is 0. The number of hydrogen-bond acceptors (Lipinski definition) is 0. The van der Waals surface area contributed by atoms with Crippen LogP contribution in [0.1, 0.15) is 26.2 Å². The molecule has 0 aromatic carbocycles. The van der Waals surface area contributed by atoms with E-state index >= 15 is 0 Å². The van der Waals surface area contributed by atoms with Gasteiger partial charge in [-0.3, -0.25) is 0 Å². The summed E-state index contributed by atoms with van der Waals surface area (Å²) in [6, 6.07) is 0. The summed E-state index contributed by atoms with van der Waals surface area (Å²) >= 11 is -0.224. The fraction of sp³-hybridized carbons (Fsp3) is 1.00. The molecule has 1 rings (SSSR count). The summed E-state index contributed by atoms with van der Waals surface area (Å²) in [5.41, 5.74) is 2.54. The van der Waals surface area contributed by atoms with E-state index < -0.39 is 0 Å². The van der Waals surface area contributed by atoms with E-state index in [1.807, 2.05) is 0 Å². The maximum absolute atomic E-state index is 2.54. The van der Waals surface area contributed by atoms with Gasteiger partial charge in [-0.25, -0.2) is 0 Å². The molecule has 8 heavy (non-hydrogen) atoms. The fourth-order valence-corrected chi connectivity index (χ4v) is 5.46. The fourth-order valence-electron chi connectivity index (χ4n) is 1.05. The van der Waals surface area contributed by atoms with Gasteiger partial charge in [0.1, 0.15) is 0 Å². The first kappa shape index (κ1) is 6.68. The average Bonchev–Trinajstić information content (AvgIpc) is 2.45. The predicted molar refractivity (Wildman–Crippen MR) is 39.7 cm³/mol. The van der Waals surface area contributed by atoms with Crippen molar-refractivity contribution >= 4 is 14.7 Å². The van der Waals surface area contributed by atoms with E-state index in [2.05, 4.69) is 12.6 Å². The normalized spacial score (nSPS) is 23.2. The Hall–Kier alpha value is 0.558. The quantitative estimate of drug-likeness (QED) is 0.577. The van der Waals surface area contributed by atoms with Crippen LogP contribution < -0.4 is 0 Å². The Bertz CT molecular complexity index is 66.8. The zero-order valence-electron chi connectivity index (χ0n) is 5.85. The molecule has 0 aromatic rings. The summed E-state index contributed by atoms with van der Waals surface area (Å²) < 4.78 is 1.27. The van der Waals surface area contributed by atoms with Crippen molar-refractivity contribution in [3.63, 3.8) is 0 Å². The molecule has 1 fully saturated rings. The van der Waals surface area contributed by atoms with Crippen LogP contribution in [0.4, 0.5) is 0 Å². The molecule has 0 N–H and O–H groups in total. The van der Waals surface area contributed by atoms with Crippen LogP contribution in [-0.4, -0.2) is 14.7 Å². The van der Waals surface area contributed by atoms with Crippen molar-refractivity contribution in [3.05, 3.63) is 0 Å². The molecule has 0 nitrogen and oxygen atoms in total. The second-order valence-electron chi connectivity index (χ2n) is 2.71. The number of rotatable bonds is 3. The van der Waals surface area contributed by atoms with Crippen molar-refractivity contribution in [2.45, 2.75) is 41.8 Å². The second kappa shape index (κ2) is 2.92. The third kappa shape index (κ3) is 1.82. The van der Waals surface area contributed by atoms with Crippen molar-refractivity contribution in [1.29, 1.82) is 0 Å². The van der Waals surface area contributed by atoms with Gasteiger partial charge in [0.2, 0.25) is 0 Å². The minimum atomic E-state index is -0.224. The van der Waals surface area contributed by atoms with E-state index in [4.69, 9.17) is 0 Å². The molecule has 0 aromatic heterocycles. The second-order valence-corrected chi connectivity index (χ2v) is 8.36. The van der Waals surface area contributed by atoms with Gasteiger partial charge < -0.3 is 0 Å². The average molecular weight is 174 g/mol. The molecule has 0 spiro atoms. The minimum absolute atomic E-state index is 0.224. The van der Waals surface area contributed by atoms with E-state index in [9.17, 15) is 0 Å². The summed E-state index contributed by atoms with van der Waals surface area (Å²) in [6.45, 7) is 2.31.